The molecule has 10 nitrogen and oxygen atoms in total. The van der Waals surface area contributed by atoms with Crippen molar-refractivity contribution in [3.05, 3.63) is 136 Å². The first-order chi connectivity index (χ1) is 21.1. The van der Waals surface area contributed by atoms with Crippen LogP contribution in [0.2, 0.25) is 0 Å². The summed E-state index contributed by atoms with van der Waals surface area (Å²) in [6, 6.07) is 22.7. The Morgan fingerprint density at radius 3 is 1.36 bits per heavy atom. The second-order valence-corrected chi connectivity index (χ2v) is 12.0. The molecule has 44 heavy (non-hydrogen) atoms. The Labute approximate surface area is 268 Å². The van der Waals surface area contributed by atoms with Crippen LogP contribution in [0.15, 0.2) is 93.9 Å². The highest BCUT2D eigenvalue weighted by Crippen LogP contribution is 2.45. The van der Waals surface area contributed by atoms with E-state index < -0.39 is 21.8 Å². The fraction of sp³-hybridized carbons (Fsp3) is 0.188. The summed E-state index contributed by atoms with van der Waals surface area (Å²) >= 11 is 6.22. The summed E-state index contributed by atoms with van der Waals surface area (Å²) in [5.41, 5.74) is 1.45. The molecule has 4 aromatic rings. The first-order valence-corrected chi connectivity index (χ1v) is 15.2. The molecule has 0 unspecified atom stereocenters. The third-order valence-corrected chi connectivity index (χ3v) is 9.04. The number of rotatable bonds is 8. The lowest BCUT2D eigenvalue weighted by atomic mass is 9.65. The average Bonchev–Trinajstić information content (AvgIpc) is 3.02. The summed E-state index contributed by atoms with van der Waals surface area (Å²) in [6.07, 6.45) is 4.97. The van der Waals surface area contributed by atoms with Gasteiger partial charge in [-0.1, -0.05) is 43.5 Å². The van der Waals surface area contributed by atoms with Crippen molar-refractivity contribution in [2.24, 2.45) is 0 Å². The predicted molar refractivity (Wildman–Crippen MR) is 168 cm³/mol. The molecule has 0 bridgehead atoms. The average molecular weight is 724 g/mol. The van der Waals surface area contributed by atoms with Gasteiger partial charge in [0, 0.05) is 17.5 Å². The Hall–Kier alpha value is -4.42. The standard InChI is InChI=1S/C32H24Br2N2O8/c33-26-14-4-20(18-28(26)35(39)40)30(37)43-24-10-6-22(7-11-24)32(16-2-1-3-17-32)23-8-12-25(13-9-23)44-31(38)21-5-15-27(34)29(19-21)36(41)42/h4-15,18-19H,1-3,16-17H2. The number of carbonyl (C=O) groups is 2. The van der Waals surface area contributed by atoms with Gasteiger partial charge in [0.1, 0.15) is 11.5 Å². The van der Waals surface area contributed by atoms with Crippen LogP contribution >= 0.6 is 31.9 Å². The number of hydrogen-bond donors (Lipinski definition) is 0. The van der Waals surface area contributed by atoms with Crippen LogP contribution in [0.5, 0.6) is 11.5 Å². The molecule has 0 radical (unpaired) electrons. The molecule has 1 aliphatic rings. The molecule has 0 aliphatic heterocycles. The van der Waals surface area contributed by atoms with Crippen LogP contribution in [0.3, 0.4) is 0 Å². The van der Waals surface area contributed by atoms with Crippen molar-refractivity contribution < 1.29 is 28.9 Å². The van der Waals surface area contributed by atoms with E-state index in [1.54, 1.807) is 24.3 Å². The van der Waals surface area contributed by atoms with Gasteiger partial charge in [0.2, 0.25) is 0 Å². The molecule has 0 N–H and O–H groups in total. The zero-order chi connectivity index (χ0) is 31.4. The van der Waals surface area contributed by atoms with E-state index in [2.05, 4.69) is 31.9 Å². The van der Waals surface area contributed by atoms with E-state index in [1.165, 1.54) is 36.4 Å². The predicted octanol–water partition coefficient (Wildman–Crippen LogP) is 8.72. The normalized spacial score (nSPS) is 14.0. The van der Waals surface area contributed by atoms with Crippen LogP contribution < -0.4 is 9.47 Å². The monoisotopic (exact) mass is 722 g/mol. The molecule has 12 heteroatoms. The molecule has 4 aromatic carbocycles. The van der Waals surface area contributed by atoms with Gasteiger partial charge in [-0.25, -0.2) is 9.59 Å². The minimum absolute atomic E-state index is 0.0619. The minimum atomic E-state index is -0.705. The van der Waals surface area contributed by atoms with Gasteiger partial charge >= 0.3 is 11.9 Å². The highest BCUT2D eigenvalue weighted by Gasteiger charge is 2.36. The second kappa shape index (κ2) is 13.1. The Balaban J connectivity index is 1.33. The summed E-state index contributed by atoms with van der Waals surface area (Å²) in [4.78, 5) is 46.7. The molecule has 224 valence electrons. The zero-order valence-electron chi connectivity index (χ0n) is 23.0. The lowest BCUT2D eigenvalue weighted by molar-refractivity contribution is -0.385. The van der Waals surface area contributed by atoms with Crippen molar-refractivity contribution in [3.8, 4) is 11.5 Å². The summed E-state index contributed by atoms with van der Waals surface area (Å²) < 4.78 is 11.5. The van der Waals surface area contributed by atoms with Gasteiger partial charge in [-0.2, -0.15) is 0 Å². The number of nitro groups is 2. The highest BCUT2D eigenvalue weighted by atomic mass is 79.9. The van der Waals surface area contributed by atoms with E-state index in [9.17, 15) is 29.8 Å². The molecular formula is C32H24Br2N2O8. The fourth-order valence-corrected chi connectivity index (χ4v) is 6.26. The molecule has 1 saturated carbocycles. The Kier molecular flexibility index (Phi) is 9.21. The molecule has 1 fully saturated rings. The number of esters is 2. The number of hydrogen-bond acceptors (Lipinski definition) is 8. The smallest absolute Gasteiger partial charge is 0.343 e. The Morgan fingerprint density at radius 1 is 0.614 bits per heavy atom. The van der Waals surface area contributed by atoms with Crippen LogP contribution in [0.4, 0.5) is 11.4 Å². The van der Waals surface area contributed by atoms with Crippen molar-refractivity contribution in [3.63, 3.8) is 0 Å². The number of benzene rings is 4. The van der Waals surface area contributed by atoms with Gasteiger partial charge in [-0.05, 0) is 104 Å². The van der Waals surface area contributed by atoms with Crippen molar-refractivity contribution in [2.45, 2.75) is 37.5 Å². The van der Waals surface area contributed by atoms with Crippen molar-refractivity contribution in [1.82, 2.24) is 0 Å². The first kappa shape index (κ1) is 31.0. The molecule has 0 aromatic heterocycles. The number of nitro benzene ring substituents is 2. The molecule has 0 amide bonds. The van der Waals surface area contributed by atoms with Crippen LogP contribution in [-0.4, -0.2) is 21.8 Å². The molecular weight excluding hydrogens is 700 g/mol. The summed E-state index contributed by atoms with van der Waals surface area (Å²) in [6.45, 7) is 0. The lowest BCUT2D eigenvalue weighted by Crippen LogP contribution is -2.30. The molecule has 1 aliphatic carbocycles. The van der Waals surface area contributed by atoms with E-state index in [0.717, 1.165) is 43.2 Å². The van der Waals surface area contributed by atoms with E-state index in [-0.39, 0.29) is 36.9 Å². The quantitative estimate of drug-likeness (QED) is 0.0761. The van der Waals surface area contributed by atoms with Gasteiger partial charge in [0.05, 0.1) is 29.9 Å². The molecule has 0 saturated heterocycles. The number of nitrogens with zero attached hydrogens (tertiary/aromatic N) is 2. The fourth-order valence-electron chi connectivity index (χ4n) is 5.47. The number of halogens is 2. The van der Waals surface area contributed by atoms with E-state index in [1.807, 2.05) is 24.3 Å². The van der Waals surface area contributed by atoms with Crippen molar-refractivity contribution in [1.29, 1.82) is 0 Å². The lowest BCUT2D eigenvalue weighted by Gasteiger charge is -2.38. The topological polar surface area (TPSA) is 139 Å². The van der Waals surface area contributed by atoms with Gasteiger partial charge in [-0.15, -0.1) is 0 Å². The van der Waals surface area contributed by atoms with Gasteiger partial charge in [0.15, 0.2) is 0 Å². The minimum Gasteiger partial charge on any atom is -0.423 e. The maximum Gasteiger partial charge on any atom is 0.343 e. The van der Waals surface area contributed by atoms with Crippen LogP contribution in [0.1, 0.15) is 63.9 Å². The van der Waals surface area contributed by atoms with Gasteiger partial charge < -0.3 is 9.47 Å². The van der Waals surface area contributed by atoms with E-state index in [4.69, 9.17) is 9.47 Å². The summed E-state index contributed by atoms with van der Waals surface area (Å²) in [5.74, 6) is -0.788. The third-order valence-electron chi connectivity index (χ3n) is 7.70. The summed E-state index contributed by atoms with van der Waals surface area (Å²) in [7, 11) is 0. The Bertz CT molecular complexity index is 1630. The molecule has 0 heterocycles. The van der Waals surface area contributed by atoms with E-state index >= 15 is 0 Å². The second-order valence-electron chi connectivity index (χ2n) is 10.3. The third kappa shape index (κ3) is 6.56. The zero-order valence-corrected chi connectivity index (χ0v) is 26.2. The first-order valence-electron chi connectivity index (χ1n) is 13.6. The van der Waals surface area contributed by atoms with Crippen LogP contribution in [0.25, 0.3) is 0 Å². The Morgan fingerprint density at radius 2 is 1.00 bits per heavy atom. The SMILES string of the molecule is O=C(Oc1ccc(C2(c3ccc(OC(=O)c4ccc(Br)c([N+](=O)[O-])c4)cc3)CCCCC2)cc1)c1ccc(Br)c([N+](=O)[O-])c1. The maximum absolute atomic E-state index is 12.7. The van der Waals surface area contributed by atoms with Crippen LogP contribution in [0, 0.1) is 20.2 Å². The largest absolute Gasteiger partial charge is 0.423 e. The molecule has 0 spiro atoms. The van der Waals surface area contributed by atoms with E-state index in [0.29, 0.717) is 11.5 Å². The van der Waals surface area contributed by atoms with Crippen molar-refractivity contribution >= 4 is 55.2 Å². The van der Waals surface area contributed by atoms with Crippen molar-refractivity contribution in [2.75, 3.05) is 0 Å². The maximum atomic E-state index is 12.7. The molecule has 0 atom stereocenters. The number of carbonyl (C=O) groups excluding carboxylic acids is 2. The van der Waals surface area contributed by atoms with Gasteiger partial charge in [-0.3, -0.25) is 20.2 Å². The van der Waals surface area contributed by atoms with Crippen LogP contribution in [-0.2, 0) is 5.41 Å². The highest BCUT2D eigenvalue weighted by molar-refractivity contribution is 9.11. The summed E-state index contributed by atoms with van der Waals surface area (Å²) in [5, 5.41) is 22.5. The number of ether oxygens (including phenoxy) is 2. The van der Waals surface area contributed by atoms with Gasteiger partial charge in [0.25, 0.3) is 11.4 Å². The molecule has 5 rings (SSSR count).